The Balaban J connectivity index is 1.40. The molecule has 4 rings (SSSR count). The molecule has 4 aromatic rings. The van der Waals surface area contributed by atoms with Gasteiger partial charge in [-0.05, 0) is 11.1 Å². The van der Waals surface area contributed by atoms with Crippen LogP contribution in [0, 0.1) is 0 Å². The Morgan fingerprint density at radius 1 is 0.531 bits per heavy atom. The SMILES string of the molecule is O=C(O)c1cc[n+](Cc2ccc(-c3ccc(C[n+]4ccc(C(=O)O)cc4)cc3)cc2)cc1. The minimum Gasteiger partial charge on any atom is -0.478 e. The van der Waals surface area contributed by atoms with Crippen LogP contribution in [0.3, 0.4) is 0 Å². The number of rotatable bonds is 7. The minimum absolute atomic E-state index is 0.274. The highest BCUT2D eigenvalue weighted by Crippen LogP contribution is 2.20. The average Bonchev–Trinajstić information content (AvgIpc) is 2.81. The summed E-state index contributed by atoms with van der Waals surface area (Å²) in [5, 5.41) is 18.0. The molecule has 2 aromatic carbocycles. The first-order valence-electron chi connectivity index (χ1n) is 10.1. The van der Waals surface area contributed by atoms with Crippen molar-refractivity contribution in [3.05, 3.63) is 120 Å². The minimum atomic E-state index is -0.929. The molecule has 0 amide bonds. The molecule has 32 heavy (non-hydrogen) atoms. The fraction of sp³-hybridized carbons (Fsp3) is 0.0769. The molecule has 0 radical (unpaired) electrons. The van der Waals surface area contributed by atoms with E-state index in [9.17, 15) is 9.59 Å². The fourth-order valence-electron chi connectivity index (χ4n) is 3.44. The molecule has 0 fully saturated rings. The summed E-state index contributed by atoms with van der Waals surface area (Å²) in [6, 6.07) is 23.0. The van der Waals surface area contributed by atoms with Crippen LogP contribution in [0.1, 0.15) is 31.8 Å². The normalized spacial score (nSPS) is 10.6. The number of aromatic carboxylic acids is 2. The summed E-state index contributed by atoms with van der Waals surface area (Å²) in [4.78, 5) is 21.9. The highest BCUT2D eigenvalue weighted by atomic mass is 16.4. The molecular formula is C26H22N2O4+2. The van der Waals surface area contributed by atoms with E-state index >= 15 is 0 Å². The molecule has 6 nitrogen and oxygen atoms in total. The highest BCUT2D eigenvalue weighted by Gasteiger charge is 2.09. The lowest BCUT2D eigenvalue weighted by atomic mass is 10.0. The third-order valence-electron chi connectivity index (χ3n) is 5.25. The summed E-state index contributed by atoms with van der Waals surface area (Å²) in [5.74, 6) is -1.86. The molecule has 0 atom stereocenters. The van der Waals surface area contributed by atoms with Gasteiger partial charge >= 0.3 is 11.9 Å². The number of pyridine rings is 2. The largest absolute Gasteiger partial charge is 0.478 e. The Hall–Kier alpha value is -4.32. The maximum Gasteiger partial charge on any atom is 0.336 e. The van der Waals surface area contributed by atoms with Crippen molar-refractivity contribution in [2.45, 2.75) is 13.1 Å². The van der Waals surface area contributed by atoms with Crippen molar-refractivity contribution >= 4 is 11.9 Å². The third kappa shape index (κ3) is 5.05. The number of aromatic nitrogens is 2. The molecule has 0 spiro atoms. The van der Waals surface area contributed by atoms with Crippen molar-refractivity contribution in [3.63, 3.8) is 0 Å². The Kier molecular flexibility index (Phi) is 6.03. The second-order valence-corrected chi connectivity index (χ2v) is 7.52. The summed E-state index contributed by atoms with van der Waals surface area (Å²) in [6.45, 7) is 1.33. The van der Waals surface area contributed by atoms with Crippen molar-refractivity contribution in [2.75, 3.05) is 0 Å². The molecule has 0 bridgehead atoms. The zero-order valence-corrected chi connectivity index (χ0v) is 17.3. The van der Waals surface area contributed by atoms with Crippen molar-refractivity contribution in [1.82, 2.24) is 0 Å². The van der Waals surface area contributed by atoms with E-state index in [1.807, 2.05) is 9.13 Å². The monoisotopic (exact) mass is 426 g/mol. The van der Waals surface area contributed by atoms with Gasteiger partial charge in [0.05, 0.1) is 11.1 Å². The molecule has 2 N–H and O–H groups in total. The number of hydrogen-bond donors (Lipinski definition) is 2. The smallest absolute Gasteiger partial charge is 0.336 e. The standard InChI is InChI=1S/C26H20N2O4/c29-25(30)23-9-13-27(14-10-23)17-19-1-5-21(6-2-19)22-7-3-20(4-8-22)18-28-15-11-24(12-16-28)26(31)32/h1-16H,17-18H2/p+2. The molecule has 0 saturated heterocycles. The van der Waals surface area contributed by atoms with Crippen molar-refractivity contribution in [2.24, 2.45) is 0 Å². The second kappa shape index (κ2) is 9.22. The Bertz CT molecular complexity index is 1130. The maximum atomic E-state index is 11.0. The maximum absolute atomic E-state index is 11.0. The van der Waals surface area contributed by atoms with Crippen LogP contribution in [0.25, 0.3) is 11.1 Å². The van der Waals surface area contributed by atoms with Crippen LogP contribution < -0.4 is 9.13 Å². The van der Waals surface area contributed by atoms with Gasteiger partial charge in [0.25, 0.3) is 0 Å². The molecule has 0 unspecified atom stereocenters. The first kappa shape index (κ1) is 20.9. The van der Waals surface area contributed by atoms with Crippen LogP contribution in [0.5, 0.6) is 0 Å². The fourth-order valence-corrected chi connectivity index (χ4v) is 3.44. The van der Waals surface area contributed by atoms with Gasteiger partial charge in [-0.2, -0.15) is 0 Å². The van der Waals surface area contributed by atoms with Gasteiger partial charge in [-0.25, -0.2) is 18.7 Å². The first-order chi connectivity index (χ1) is 15.5. The van der Waals surface area contributed by atoms with Gasteiger partial charge in [0.1, 0.15) is 0 Å². The molecule has 0 aliphatic rings. The topological polar surface area (TPSA) is 82.4 Å². The van der Waals surface area contributed by atoms with E-state index in [0.29, 0.717) is 13.1 Å². The number of carboxylic acid groups (broad SMARTS) is 2. The van der Waals surface area contributed by atoms with Crippen LogP contribution in [0.15, 0.2) is 97.6 Å². The van der Waals surface area contributed by atoms with E-state index < -0.39 is 11.9 Å². The van der Waals surface area contributed by atoms with Crippen LogP contribution in [0.2, 0.25) is 0 Å². The van der Waals surface area contributed by atoms with Gasteiger partial charge in [-0.3, -0.25) is 0 Å². The Morgan fingerprint density at radius 3 is 1.12 bits per heavy atom. The van der Waals surface area contributed by atoms with Crippen molar-refractivity contribution in [3.8, 4) is 11.1 Å². The summed E-state index contributed by atoms with van der Waals surface area (Å²) >= 11 is 0. The van der Waals surface area contributed by atoms with Crippen molar-refractivity contribution < 1.29 is 28.9 Å². The van der Waals surface area contributed by atoms with Gasteiger partial charge in [0, 0.05) is 35.4 Å². The molecule has 0 aliphatic carbocycles. The van der Waals surface area contributed by atoms with Crippen LogP contribution in [-0.4, -0.2) is 22.2 Å². The Labute approximate surface area is 185 Å². The van der Waals surface area contributed by atoms with E-state index in [0.717, 1.165) is 22.3 Å². The van der Waals surface area contributed by atoms with Gasteiger partial charge in [0.15, 0.2) is 37.9 Å². The van der Waals surface area contributed by atoms with Crippen LogP contribution in [0.4, 0.5) is 0 Å². The van der Waals surface area contributed by atoms with E-state index in [-0.39, 0.29) is 11.1 Å². The summed E-state index contributed by atoms with van der Waals surface area (Å²) in [7, 11) is 0. The number of carboxylic acids is 2. The zero-order valence-electron chi connectivity index (χ0n) is 17.3. The average molecular weight is 426 g/mol. The first-order valence-corrected chi connectivity index (χ1v) is 10.1. The van der Waals surface area contributed by atoms with E-state index in [4.69, 9.17) is 10.2 Å². The molecule has 2 aromatic heterocycles. The summed E-state index contributed by atoms with van der Waals surface area (Å²) in [6.07, 6.45) is 7.07. The molecule has 6 heteroatoms. The van der Waals surface area contributed by atoms with Gasteiger partial charge < -0.3 is 10.2 Å². The number of benzene rings is 2. The van der Waals surface area contributed by atoms with E-state index in [2.05, 4.69) is 48.5 Å². The van der Waals surface area contributed by atoms with E-state index in [1.165, 1.54) is 0 Å². The van der Waals surface area contributed by atoms with Gasteiger partial charge in [0.2, 0.25) is 0 Å². The van der Waals surface area contributed by atoms with Crippen LogP contribution >= 0.6 is 0 Å². The molecule has 0 aliphatic heterocycles. The zero-order chi connectivity index (χ0) is 22.5. The number of carbonyl (C=O) groups is 2. The number of nitrogens with zero attached hydrogens (tertiary/aromatic N) is 2. The van der Waals surface area contributed by atoms with Crippen LogP contribution in [-0.2, 0) is 13.1 Å². The van der Waals surface area contributed by atoms with Gasteiger partial charge in [-0.15, -0.1) is 0 Å². The lowest BCUT2D eigenvalue weighted by Gasteiger charge is -2.05. The molecule has 158 valence electrons. The van der Waals surface area contributed by atoms with Gasteiger partial charge in [-0.1, -0.05) is 48.5 Å². The summed E-state index contributed by atoms with van der Waals surface area (Å²) in [5.41, 5.74) is 5.03. The third-order valence-corrected chi connectivity index (χ3v) is 5.25. The number of hydrogen-bond acceptors (Lipinski definition) is 2. The van der Waals surface area contributed by atoms with Crippen molar-refractivity contribution in [1.29, 1.82) is 0 Å². The summed E-state index contributed by atoms with van der Waals surface area (Å²) < 4.78 is 3.88. The second-order valence-electron chi connectivity index (χ2n) is 7.52. The predicted octanol–water partition coefficient (Wildman–Crippen LogP) is 3.42. The Morgan fingerprint density at radius 2 is 0.844 bits per heavy atom. The van der Waals surface area contributed by atoms with E-state index in [1.54, 1.807) is 49.1 Å². The molecular weight excluding hydrogens is 404 g/mol. The predicted molar refractivity (Wildman–Crippen MR) is 117 cm³/mol. The highest BCUT2D eigenvalue weighted by molar-refractivity contribution is 5.87. The molecule has 2 heterocycles. The lowest BCUT2D eigenvalue weighted by molar-refractivity contribution is -0.688. The lowest BCUT2D eigenvalue weighted by Crippen LogP contribution is -2.33. The molecule has 0 saturated carbocycles. The quantitative estimate of drug-likeness (QED) is 0.444.